The lowest BCUT2D eigenvalue weighted by atomic mass is 10.2. The molecule has 1 aliphatic heterocycles. The minimum Gasteiger partial charge on any atom is -0.494 e. The first-order valence-electron chi connectivity index (χ1n) is 8.22. The highest BCUT2D eigenvalue weighted by Gasteiger charge is 2.41. The van der Waals surface area contributed by atoms with Gasteiger partial charge >= 0.3 is 0 Å². The molecule has 0 radical (unpaired) electrons. The van der Waals surface area contributed by atoms with Gasteiger partial charge in [0.1, 0.15) is 11.8 Å². The van der Waals surface area contributed by atoms with E-state index in [1.54, 1.807) is 30.3 Å². The Bertz CT molecular complexity index is 946. The minimum atomic E-state index is -0.972. The van der Waals surface area contributed by atoms with E-state index in [2.05, 4.69) is 10.9 Å². The number of amides is 3. The molecule has 3 amide bonds. The summed E-state index contributed by atoms with van der Waals surface area (Å²) in [4.78, 5) is 48.3. The Morgan fingerprint density at radius 1 is 1.21 bits per heavy atom. The highest BCUT2D eigenvalue weighted by molar-refractivity contribution is 6.23. The van der Waals surface area contributed by atoms with Crippen molar-refractivity contribution < 1.29 is 24.0 Å². The fourth-order valence-electron chi connectivity index (χ4n) is 2.78. The summed E-state index contributed by atoms with van der Waals surface area (Å²) >= 11 is 0. The lowest BCUT2D eigenvalue weighted by Gasteiger charge is -2.18. The van der Waals surface area contributed by atoms with Crippen molar-refractivity contribution in [2.45, 2.75) is 12.5 Å². The number of nitro groups is 1. The predicted octanol–water partition coefficient (Wildman–Crippen LogP) is 1.17. The molecule has 1 saturated heterocycles. The Balaban J connectivity index is 1.75. The Morgan fingerprint density at radius 3 is 2.57 bits per heavy atom. The van der Waals surface area contributed by atoms with Crippen molar-refractivity contribution >= 4 is 29.1 Å². The number of ether oxygens (including phenoxy) is 1. The maximum atomic E-state index is 12.7. The zero-order chi connectivity index (χ0) is 20.3. The van der Waals surface area contributed by atoms with Gasteiger partial charge in [0.25, 0.3) is 17.5 Å². The van der Waals surface area contributed by atoms with Crippen molar-refractivity contribution in [3.63, 3.8) is 0 Å². The number of hydrogen-bond donors (Lipinski definition) is 2. The molecular weight excluding hydrogens is 368 g/mol. The molecular formula is C18H16N4O6. The quantitative estimate of drug-likeness (QED) is 0.434. The zero-order valence-corrected chi connectivity index (χ0v) is 14.7. The summed E-state index contributed by atoms with van der Waals surface area (Å²) in [5.74, 6) is -1.56. The predicted molar refractivity (Wildman–Crippen MR) is 97.6 cm³/mol. The van der Waals surface area contributed by atoms with Crippen LogP contribution in [0.2, 0.25) is 0 Å². The van der Waals surface area contributed by atoms with Gasteiger partial charge in [-0.05, 0) is 18.2 Å². The summed E-state index contributed by atoms with van der Waals surface area (Å²) < 4.78 is 5.10. The topological polar surface area (TPSA) is 131 Å². The monoisotopic (exact) mass is 384 g/mol. The van der Waals surface area contributed by atoms with Gasteiger partial charge in [-0.25, -0.2) is 10.3 Å². The van der Waals surface area contributed by atoms with Crippen LogP contribution in [0.3, 0.4) is 0 Å². The van der Waals surface area contributed by atoms with Crippen molar-refractivity contribution in [3.05, 3.63) is 64.2 Å². The molecule has 1 fully saturated rings. The standard InChI is InChI=1S/C18H16N4O6/c1-28-15-9-12(22(26)27)7-8-14(15)21-16(23)10-13(18(21)25)19-20-17(24)11-5-3-2-4-6-11/h2-9,13,19H,10H2,1H3,(H,20,24). The average molecular weight is 384 g/mol. The number of hydrazine groups is 1. The number of nitro benzene ring substituents is 1. The summed E-state index contributed by atoms with van der Waals surface area (Å²) in [7, 11) is 1.28. The van der Waals surface area contributed by atoms with Crippen LogP contribution in [0.1, 0.15) is 16.8 Å². The van der Waals surface area contributed by atoms with Crippen LogP contribution in [-0.4, -0.2) is 35.8 Å². The van der Waals surface area contributed by atoms with Crippen molar-refractivity contribution in [1.29, 1.82) is 0 Å². The SMILES string of the molecule is COc1cc([N+](=O)[O-])ccc1N1C(=O)CC(NNC(=O)c2ccccc2)C1=O. The third kappa shape index (κ3) is 3.67. The number of non-ortho nitro benzene ring substituents is 1. The molecule has 10 heteroatoms. The fraction of sp³-hybridized carbons (Fsp3) is 0.167. The molecule has 1 atom stereocenters. The molecule has 28 heavy (non-hydrogen) atoms. The van der Waals surface area contributed by atoms with Crippen molar-refractivity contribution in [2.24, 2.45) is 0 Å². The van der Waals surface area contributed by atoms with Gasteiger partial charge in [0.15, 0.2) is 0 Å². The van der Waals surface area contributed by atoms with Gasteiger partial charge in [-0.1, -0.05) is 18.2 Å². The second-order valence-electron chi connectivity index (χ2n) is 5.90. The number of rotatable bonds is 6. The van der Waals surface area contributed by atoms with Gasteiger partial charge in [0, 0.05) is 11.6 Å². The van der Waals surface area contributed by atoms with Crippen LogP contribution in [0.15, 0.2) is 48.5 Å². The number of methoxy groups -OCH3 is 1. The lowest BCUT2D eigenvalue weighted by molar-refractivity contribution is -0.384. The molecule has 0 aliphatic carbocycles. The molecule has 144 valence electrons. The Morgan fingerprint density at radius 2 is 1.93 bits per heavy atom. The molecule has 1 unspecified atom stereocenters. The van der Waals surface area contributed by atoms with Crippen LogP contribution in [0.4, 0.5) is 11.4 Å². The molecule has 2 aromatic carbocycles. The molecule has 2 aromatic rings. The van der Waals surface area contributed by atoms with Gasteiger partial charge in [-0.3, -0.25) is 29.9 Å². The number of anilines is 1. The van der Waals surface area contributed by atoms with Crippen LogP contribution in [0.5, 0.6) is 5.75 Å². The molecule has 2 N–H and O–H groups in total. The first-order chi connectivity index (χ1) is 13.4. The summed E-state index contributed by atoms with van der Waals surface area (Å²) in [5.41, 5.74) is 5.23. The number of benzene rings is 2. The molecule has 1 heterocycles. The fourth-order valence-corrected chi connectivity index (χ4v) is 2.78. The van der Waals surface area contributed by atoms with E-state index in [1.165, 1.54) is 19.2 Å². The van der Waals surface area contributed by atoms with E-state index in [4.69, 9.17) is 4.74 Å². The lowest BCUT2D eigenvalue weighted by Crippen LogP contribution is -2.48. The molecule has 10 nitrogen and oxygen atoms in total. The van der Waals surface area contributed by atoms with Gasteiger partial charge in [-0.15, -0.1) is 0 Å². The molecule has 0 bridgehead atoms. The number of nitrogens with one attached hydrogen (secondary N) is 2. The van der Waals surface area contributed by atoms with Crippen LogP contribution < -0.4 is 20.5 Å². The number of carbonyl (C=O) groups is 3. The molecule has 1 aliphatic rings. The number of hydrogen-bond acceptors (Lipinski definition) is 7. The average Bonchev–Trinajstić information content (AvgIpc) is 2.99. The smallest absolute Gasteiger partial charge is 0.273 e. The number of imide groups is 1. The minimum absolute atomic E-state index is 0.0184. The van der Waals surface area contributed by atoms with Gasteiger partial charge < -0.3 is 4.74 Å². The third-order valence-electron chi connectivity index (χ3n) is 4.16. The normalized spacial score (nSPS) is 16.2. The maximum Gasteiger partial charge on any atom is 0.273 e. The Hall–Kier alpha value is -3.79. The van der Waals surface area contributed by atoms with E-state index in [-0.39, 0.29) is 23.5 Å². The second kappa shape index (κ2) is 7.84. The van der Waals surface area contributed by atoms with E-state index in [9.17, 15) is 24.5 Å². The molecule has 0 saturated carbocycles. The maximum absolute atomic E-state index is 12.7. The summed E-state index contributed by atoms with van der Waals surface area (Å²) in [6.07, 6.45) is -0.186. The van der Waals surface area contributed by atoms with Crippen LogP contribution in [0, 0.1) is 10.1 Å². The van der Waals surface area contributed by atoms with E-state index < -0.39 is 28.7 Å². The number of carbonyl (C=O) groups excluding carboxylic acids is 3. The van der Waals surface area contributed by atoms with Gasteiger partial charge in [0.05, 0.1) is 30.2 Å². The van der Waals surface area contributed by atoms with Crippen LogP contribution in [-0.2, 0) is 9.59 Å². The van der Waals surface area contributed by atoms with Gasteiger partial charge in [0.2, 0.25) is 5.91 Å². The third-order valence-corrected chi connectivity index (χ3v) is 4.16. The van der Waals surface area contributed by atoms with Crippen LogP contribution in [0.25, 0.3) is 0 Å². The van der Waals surface area contributed by atoms with Crippen molar-refractivity contribution in [1.82, 2.24) is 10.9 Å². The first kappa shape index (κ1) is 19.0. The van der Waals surface area contributed by atoms with Crippen LogP contribution >= 0.6 is 0 Å². The molecule has 0 aromatic heterocycles. The first-order valence-corrected chi connectivity index (χ1v) is 8.22. The second-order valence-corrected chi connectivity index (χ2v) is 5.90. The van der Waals surface area contributed by atoms with E-state index in [1.807, 2.05) is 0 Å². The van der Waals surface area contributed by atoms with E-state index in [0.717, 1.165) is 11.0 Å². The van der Waals surface area contributed by atoms with Crippen molar-refractivity contribution in [2.75, 3.05) is 12.0 Å². The summed E-state index contributed by atoms with van der Waals surface area (Å²) in [6, 6.07) is 11.0. The van der Waals surface area contributed by atoms with Crippen molar-refractivity contribution in [3.8, 4) is 5.75 Å². The highest BCUT2D eigenvalue weighted by Crippen LogP contribution is 2.34. The Labute approximate surface area is 159 Å². The number of nitrogens with zero attached hydrogens (tertiary/aromatic N) is 2. The zero-order valence-electron chi connectivity index (χ0n) is 14.7. The van der Waals surface area contributed by atoms with E-state index >= 15 is 0 Å². The molecule has 0 spiro atoms. The van der Waals surface area contributed by atoms with Gasteiger partial charge in [-0.2, -0.15) is 0 Å². The molecule has 3 rings (SSSR count). The highest BCUT2D eigenvalue weighted by atomic mass is 16.6. The summed E-state index contributed by atoms with van der Waals surface area (Å²) in [5, 5.41) is 10.9. The summed E-state index contributed by atoms with van der Waals surface area (Å²) in [6.45, 7) is 0. The Kier molecular flexibility index (Phi) is 5.32. The largest absolute Gasteiger partial charge is 0.494 e. The van der Waals surface area contributed by atoms with E-state index in [0.29, 0.717) is 5.56 Å².